The fraction of sp³-hybridized carbons (Fsp3) is 0.400. The van der Waals surface area contributed by atoms with Crippen LogP contribution < -0.4 is 5.73 Å². The van der Waals surface area contributed by atoms with E-state index in [1.54, 1.807) is 6.07 Å². The Balaban J connectivity index is 3.02. The Labute approximate surface area is 96.6 Å². The first-order valence-corrected chi connectivity index (χ1v) is 5.39. The van der Waals surface area contributed by atoms with E-state index in [0.717, 1.165) is 5.56 Å². The monoisotopic (exact) mass is 279 g/mol. The number of hydrogen-bond acceptors (Lipinski definition) is 1. The number of rotatable bonds is 2. The molecule has 0 saturated heterocycles. The molecule has 4 heteroatoms. The molecule has 0 spiro atoms. The van der Waals surface area contributed by atoms with Gasteiger partial charge in [0.15, 0.2) is 0 Å². The van der Waals surface area contributed by atoms with Gasteiger partial charge < -0.3 is 5.73 Å². The maximum Gasteiger partial charge on any atom is 0.143 e. The van der Waals surface area contributed by atoms with E-state index in [1.807, 2.05) is 13.8 Å². The highest BCUT2D eigenvalue weighted by molar-refractivity contribution is 9.10. The van der Waals surface area contributed by atoms with Crippen LogP contribution in [-0.2, 0) is 6.42 Å². The molecular formula is C10H12BrClFN. The van der Waals surface area contributed by atoms with E-state index in [0.29, 0.717) is 10.9 Å². The van der Waals surface area contributed by atoms with Gasteiger partial charge in [-0.3, -0.25) is 0 Å². The average molecular weight is 281 g/mol. The third-order valence-corrected chi connectivity index (χ3v) is 2.94. The summed E-state index contributed by atoms with van der Waals surface area (Å²) in [5.41, 5.74) is 6.33. The Bertz CT molecular complexity index is 323. The Morgan fingerprint density at radius 1 is 1.50 bits per heavy atom. The quantitative estimate of drug-likeness (QED) is 0.824. The summed E-state index contributed by atoms with van der Waals surface area (Å²) >= 11 is 8.86. The van der Waals surface area contributed by atoms with Crippen molar-refractivity contribution in [3.63, 3.8) is 0 Å². The highest BCUT2D eigenvalue weighted by atomic mass is 79.9. The molecule has 0 aromatic heterocycles. The minimum Gasteiger partial charge on any atom is -0.325 e. The Hall–Kier alpha value is -0.120. The lowest BCUT2D eigenvalue weighted by molar-refractivity contribution is 0.514. The summed E-state index contributed by atoms with van der Waals surface area (Å²) in [4.78, 5) is 0. The zero-order chi connectivity index (χ0) is 10.9. The first-order valence-electron chi connectivity index (χ1n) is 4.22. The second-order valence-electron chi connectivity index (χ2n) is 4.04. The van der Waals surface area contributed by atoms with Crippen molar-refractivity contribution in [2.75, 3.05) is 0 Å². The molecule has 0 fully saturated rings. The van der Waals surface area contributed by atoms with Gasteiger partial charge in [0.1, 0.15) is 5.82 Å². The van der Waals surface area contributed by atoms with E-state index in [2.05, 4.69) is 15.9 Å². The number of nitrogens with two attached hydrogens (primary N) is 1. The maximum absolute atomic E-state index is 13.2. The summed E-state index contributed by atoms with van der Waals surface area (Å²) in [6.07, 6.45) is 0.611. The van der Waals surface area contributed by atoms with E-state index in [-0.39, 0.29) is 10.6 Å². The van der Waals surface area contributed by atoms with E-state index in [1.165, 1.54) is 6.07 Å². The zero-order valence-electron chi connectivity index (χ0n) is 8.07. The SMILES string of the molecule is CC(C)(N)Cc1cc(F)c(Cl)c(Br)c1. The van der Waals surface area contributed by atoms with Crippen molar-refractivity contribution in [1.29, 1.82) is 0 Å². The smallest absolute Gasteiger partial charge is 0.143 e. The highest BCUT2D eigenvalue weighted by Gasteiger charge is 2.14. The van der Waals surface area contributed by atoms with Crippen LogP contribution in [0.5, 0.6) is 0 Å². The summed E-state index contributed by atoms with van der Waals surface area (Å²) in [7, 11) is 0. The van der Waals surface area contributed by atoms with E-state index < -0.39 is 5.82 Å². The normalized spacial score (nSPS) is 11.9. The topological polar surface area (TPSA) is 26.0 Å². The predicted molar refractivity (Wildman–Crippen MR) is 61.1 cm³/mol. The average Bonchev–Trinajstić information content (AvgIpc) is 1.96. The number of hydrogen-bond donors (Lipinski definition) is 1. The van der Waals surface area contributed by atoms with Gasteiger partial charge in [-0.1, -0.05) is 11.6 Å². The molecule has 1 nitrogen and oxygen atoms in total. The molecule has 0 bridgehead atoms. The molecule has 1 rings (SSSR count). The largest absolute Gasteiger partial charge is 0.325 e. The Morgan fingerprint density at radius 2 is 2.07 bits per heavy atom. The van der Waals surface area contributed by atoms with Crippen LogP contribution >= 0.6 is 27.5 Å². The van der Waals surface area contributed by atoms with Crippen LogP contribution in [0.2, 0.25) is 5.02 Å². The predicted octanol–water partition coefficient (Wildman–Crippen LogP) is 3.52. The van der Waals surface area contributed by atoms with Gasteiger partial charge in [-0.15, -0.1) is 0 Å². The first-order chi connectivity index (χ1) is 6.29. The highest BCUT2D eigenvalue weighted by Crippen LogP contribution is 2.27. The van der Waals surface area contributed by atoms with Gasteiger partial charge in [-0.05, 0) is 53.9 Å². The first kappa shape index (κ1) is 12.0. The van der Waals surface area contributed by atoms with Crippen LogP contribution in [0.15, 0.2) is 16.6 Å². The molecule has 1 aromatic carbocycles. The molecule has 0 amide bonds. The van der Waals surface area contributed by atoms with Gasteiger partial charge >= 0.3 is 0 Å². The lowest BCUT2D eigenvalue weighted by atomic mass is 9.96. The van der Waals surface area contributed by atoms with Crippen molar-refractivity contribution in [2.45, 2.75) is 25.8 Å². The molecule has 14 heavy (non-hydrogen) atoms. The third kappa shape index (κ3) is 3.23. The van der Waals surface area contributed by atoms with Crippen LogP contribution in [0.3, 0.4) is 0 Å². The van der Waals surface area contributed by atoms with Crippen LogP contribution in [-0.4, -0.2) is 5.54 Å². The van der Waals surface area contributed by atoms with Crippen LogP contribution in [0.1, 0.15) is 19.4 Å². The lowest BCUT2D eigenvalue weighted by Gasteiger charge is -2.18. The van der Waals surface area contributed by atoms with Crippen LogP contribution in [0, 0.1) is 5.82 Å². The van der Waals surface area contributed by atoms with Gasteiger partial charge in [-0.2, -0.15) is 0 Å². The van der Waals surface area contributed by atoms with Crippen molar-refractivity contribution in [3.05, 3.63) is 33.0 Å². The number of halogens is 3. The lowest BCUT2D eigenvalue weighted by Crippen LogP contribution is -2.34. The molecule has 0 heterocycles. The molecule has 2 N–H and O–H groups in total. The van der Waals surface area contributed by atoms with Crippen molar-refractivity contribution in [2.24, 2.45) is 5.73 Å². The van der Waals surface area contributed by atoms with Crippen molar-refractivity contribution >= 4 is 27.5 Å². The molecule has 0 saturated carbocycles. The van der Waals surface area contributed by atoms with E-state index >= 15 is 0 Å². The molecule has 78 valence electrons. The van der Waals surface area contributed by atoms with E-state index in [4.69, 9.17) is 17.3 Å². The maximum atomic E-state index is 13.2. The minimum absolute atomic E-state index is 0.114. The summed E-state index contributed by atoms with van der Waals surface area (Å²) in [5.74, 6) is -0.416. The van der Waals surface area contributed by atoms with Gasteiger partial charge in [0.05, 0.1) is 5.02 Å². The van der Waals surface area contributed by atoms with Crippen molar-refractivity contribution < 1.29 is 4.39 Å². The molecular weight excluding hydrogens is 268 g/mol. The van der Waals surface area contributed by atoms with Gasteiger partial charge in [0, 0.05) is 10.0 Å². The molecule has 0 aliphatic heterocycles. The zero-order valence-corrected chi connectivity index (χ0v) is 10.4. The summed E-state index contributed by atoms with van der Waals surface area (Å²) in [6.45, 7) is 3.79. The molecule has 0 atom stereocenters. The molecule has 1 aromatic rings. The van der Waals surface area contributed by atoms with Gasteiger partial charge in [0.2, 0.25) is 0 Å². The van der Waals surface area contributed by atoms with E-state index in [9.17, 15) is 4.39 Å². The second-order valence-corrected chi connectivity index (χ2v) is 5.27. The minimum atomic E-state index is -0.416. The summed E-state index contributed by atoms with van der Waals surface area (Å²) in [6, 6.07) is 3.21. The second kappa shape index (κ2) is 4.17. The van der Waals surface area contributed by atoms with Gasteiger partial charge in [-0.25, -0.2) is 4.39 Å². The molecule has 0 aliphatic carbocycles. The van der Waals surface area contributed by atoms with Crippen molar-refractivity contribution in [1.82, 2.24) is 0 Å². The summed E-state index contributed by atoms with van der Waals surface area (Å²) < 4.78 is 13.8. The van der Waals surface area contributed by atoms with Crippen LogP contribution in [0.4, 0.5) is 4.39 Å². The molecule has 0 radical (unpaired) electrons. The Kier molecular flexibility index (Phi) is 3.56. The van der Waals surface area contributed by atoms with Gasteiger partial charge in [0.25, 0.3) is 0 Å². The third-order valence-electron chi connectivity index (χ3n) is 1.70. The fourth-order valence-corrected chi connectivity index (χ4v) is 1.83. The van der Waals surface area contributed by atoms with Crippen molar-refractivity contribution in [3.8, 4) is 0 Å². The summed E-state index contributed by atoms with van der Waals surface area (Å²) in [5, 5.41) is 0.114. The standard InChI is InChI=1S/C10H12BrClFN/c1-10(2,14)5-6-3-7(11)9(12)8(13)4-6/h3-4H,5,14H2,1-2H3. The number of benzene rings is 1. The fourth-order valence-electron chi connectivity index (χ4n) is 1.24. The molecule has 0 unspecified atom stereocenters. The molecule has 0 aliphatic rings. The Morgan fingerprint density at radius 3 is 2.50 bits per heavy atom. The van der Waals surface area contributed by atoms with Crippen LogP contribution in [0.25, 0.3) is 0 Å².